The van der Waals surface area contributed by atoms with Crippen LogP contribution in [0.5, 0.6) is 0 Å². The van der Waals surface area contributed by atoms with Gasteiger partial charge in [-0.3, -0.25) is 0 Å². The maximum absolute atomic E-state index is 13.1. The molecular weight excluding hydrogens is 178 g/mol. The Bertz CT molecular complexity index is 182. The number of hydrogen-bond donors (Lipinski definition) is 1. The van der Waals surface area contributed by atoms with Gasteiger partial charge >= 0.3 is 0 Å². The van der Waals surface area contributed by atoms with Crippen molar-refractivity contribution < 1.29 is 13.9 Å². The lowest BCUT2D eigenvalue weighted by atomic mass is 10.2. The zero-order chi connectivity index (χ0) is 10.2. The van der Waals surface area contributed by atoms with Crippen molar-refractivity contribution in [3.05, 3.63) is 12.7 Å². The Kier molecular flexibility index (Phi) is 2.87. The number of hydrogen-bond acceptors (Lipinski definition) is 1. The molecule has 1 N–H and O–H groups in total. The smallest absolute Gasteiger partial charge is 0.290 e. The molecule has 0 spiro atoms. The zero-order valence-electron chi connectivity index (χ0n) is 7.99. The molecule has 1 nitrogen and oxygen atoms in total. The van der Waals surface area contributed by atoms with Crippen LogP contribution in [0.3, 0.4) is 0 Å². The van der Waals surface area contributed by atoms with Crippen molar-refractivity contribution in [1.82, 2.24) is 0 Å². The third-order valence-corrected chi connectivity index (χ3v) is 5.62. The summed E-state index contributed by atoms with van der Waals surface area (Å²) >= 11 is 0. The molecule has 72 valence electrons. The molecule has 0 radical (unpaired) electrons. The van der Waals surface area contributed by atoms with Crippen molar-refractivity contribution in [1.29, 1.82) is 0 Å². The molecule has 0 aliphatic carbocycles. The first kappa shape index (κ1) is 11.8. The Labute approximate surface area is 73.1 Å². The predicted molar refractivity (Wildman–Crippen MR) is 49.1 cm³/mol. The van der Waals surface area contributed by atoms with Crippen LogP contribution in [-0.4, -0.2) is 24.3 Å². The summed E-state index contributed by atoms with van der Waals surface area (Å²) < 4.78 is 26.2. The Morgan fingerprint density at radius 2 is 1.67 bits per heavy atom. The second kappa shape index (κ2) is 2.92. The summed E-state index contributed by atoms with van der Waals surface area (Å²) in [6.45, 7) is 9.30. The quantitative estimate of drug-likeness (QED) is 0.540. The molecule has 0 saturated carbocycles. The molecule has 0 aromatic rings. The lowest BCUT2D eigenvalue weighted by Gasteiger charge is -2.40. The summed E-state index contributed by atoms with van der Waals surface area (Å²) in [5, 5.41) is 7.69. The number of rotatable bonds is 3. The van der Waals surface area contributed by atoms with Crippen LogP contribution in [0.2, 0.25) is 19.6 Å². The molecule has 0 fully saturated rings. The number of alkyl halides is 2. The highest BCUT2D eigenvalue weighted by Crippen LogP contribution is 2.36. The van der Waals surface area contributed by atoms with E-state index in [1.54, 1.807) is 19.6 Å². The van der Waals surface area contributed by atoms with Crippen molar-refractivity contribution in [2.75, 3.05) is 0 Å². The van der Waals surface area contributed by atoms with Crippen LogP contribution < -0.4 is 0 Å². The van der Waals surface area contributed by atoms with Gasteiger partial charge in [0.2, 0.25) is 0 Å². The van der Waals surface area contributed by atoms with Gasteiger partial charge in [0.15, 0.2) is 0 Å². The van der Waals surface area contributed by atoms with Crippen LogP contribution in [0, 0.1) is 0 Å². The Morgan fingerprint density at radius 3 is 1.75 bits per heavy atom. The highest BCUT2D eigenvalue weighted by molar-refractivity contribution is 6.79. The molecule has 0 bridgehead atoms. The normalized spacial score (nSPS) is 18.6. The molecule has 0 amide bonds. The Morgan fingerprint density at radius 1 is 1.33 bits per heavy atom. The fourth-order valence-corrected chi connectivity index (χ4v) is 1.80. The van der Waals surface area contributed by atoms with Crippen LogP contribution in [0.1, 0.15) is 6.92 Å². The molecule has 0 aromatic carbocycles. The van der Waals surface area contributed by atoms with E-state index < -0.39 is 19.2 Å². The van der Waals surface area contributed by atoms with Gasteiger partial charge in [0.25, 0.3) is 5.92 Å². The molecule has 0 heterocycles. The topological polar surface area (TPSA) is 20.2 Å². The lowest BCUT2D eigenvalue weighted by molar-refractivity contribution is -0.0939. The van der Waals surface area contributed by atoms with E-state index in [1.165, 1.54) is 6.92 Å². The fraction of sp³-hybridized carbons (Fsp3) is 0.750. The standard InChI is InChI=1S/C8H16F2OSi/c1-6-8(9,10)7(2,11)12(3,4)5/h6,11H,1H2,2-5H3. The summed E-state index contributed by atoms with van der Waals surface area (Å²) in [4.78, 5) is 0. The summed E-state index contributed by atoms with van der Waals surface area (Å²) in [7, 11) is -2.31. The fourth-order valence-electron chi connectivity index (χ4n) is 0.699. The van der Waals surface area contributed by atoms with Gasteiger partial charge in [-0.15, -0.1) is 0 Å². The Hall–Kier alpha value is -0.223. The zero-order valence-corrected chi connectivity index (χ0v) is 8.99. The van der Waals surface area contributed by atoms with Crippen LogP contribution in [-0.2, 0) is 0 Å². The van der Waals surface area contributed by atoms with E-state index in [2.05, 4.69) is 6.58 Å². The van der Waals surface area contributed by atoms with E-state index in [1.807, 2.05) is 0 Å². The van der Waals surface area contributed by atoms with Crippen molar-refractivity contribution >= 4 is 8.07 Å². The van der Waals surface area contributed by atoms with E-state index in [4.69, 9.17) is 0 Å². The minimum atomic E-state index is -3.20. The lowest BCUT2D eigenvalue weighted by Crippen LogP contribution is -2.60. The molecule has 0 saturated heterocycles. The van der Waals surface area contributed by atoms with Gasteiger partial charge in [-0.2, -0.15) is 8.78 Å². The monoisotopic (exact) mass is 194 g/mol. The highest BCUT2D eigenvalue weighted by Gasteiger charge is 2.54. The van der Waals surface area contributed by atoms with Gasteiger partial charge < -0.3 is 5.11 Å². The Balaban J connectivity index is 4.97. The van der Waals surface area contributed by atoms with Crippen molar-refractivity contribution in [3.63, 3.8) is 0 Å². The molecule has 1 atom stereocenters. The molecule has 1 unspecified atom stereocenters. The van der Waals surface area contributed by atoms with Crippen LogP contribution >= 0.6 is 0 Å². The first-order valence-electron chi connectivity index (χ1n) is 3.80. The molecular formula is C8H16F2OSi. The average Bonchev–Trinajstić information content (AvgIpc) is 1.85. The van der Waals surface area contributed by atoms with Gasteiger partial charge in [-0.25, -0.2) is 0 Å². The predicted octanol–water partition coefficient (Wildman–Crippen LogP) is 2.44. The first-order chi connectivity index (χ1) is 5.06. The molecule has 0 aliphatic heterocycles. The van der Waals surface area contributed by atoms with Gasteiger partial charge in [0.1, 0.15) is 5.22 Å². The molecule has 12 heavy (non-hydrogen) atoms. The van der Waals surface area contributed by atoms with E-state index in [-0.39, 0.29) is 0 Å². The number of aliphatic hydroxyl groups is 1. The third-order valence-electron chi connectivity index (χ3n) is 2.37. The van der Waals surface area contributed by atoms with E-state index in [0.717, 1.165) is 0 Å². The van der Waals surface area contributed by atoms with Crippen LogP contribution in [0.15, 0.2) is 12.7 Å². The van der Waals surface area contributed by atoms with Crippen LogP contribution in [0.4, 0.5) is 8.78 Å². The third kappa shape index (κ3) is 1.74. The minimum Gasteiger partial charge on any atom is -0.387 e. The average molecular weight is 194 g/mol. The highest BCUT2D eigenvalue weighted by atomic mass is 28.3. The first-order valence-corrected chi connectivity index (χ1v) is 7.30. The van der Waals surface area contributed by atoms with Gasteiger partial charge in [-0.1, -0.05) is 26.2 Å². The van der Waals surface area contributed by atoms with E-state index in [0.29, 0.717) is 6.08 Å². The van der Waals surface area contributed by atoms with Gasteiger partial charge in [0, 0.05) is 0 Å². The van der Waals surface area contributed by atoms with Crippen LogP contribution in [0.25, 0.3) is 0 Å². The summed E-state index contributed by atoms with van der Waals surface area (Å²) in [5.41, 5.74) is 0. The molecule has 0 aromatic heterocycles. The largest absolute Gasteiger partial charge is 0.387 e. The summed E-state index contributed by atoms with van der Waals surface area (Å²) in [6, 6.07) is 0. The minimum absolute atomic E-state index is 0.519. The molecule has 0 aliphatic rings. The van der Waals surface area contributed by atoms with Crippen molar-refractivity contribution in [2.24, 2.45) is 0 Å². The number of halogens is 2. The second-order valence-corrected chi connectivity index (χ2v) is 9.62. The molecule has 0 rings (SSSR count). The molecule has 4 heteroatoms. The summed E-state index contributed by atoms with van der Waals surface area (Å²) in [6.07, 6.45) is 0.519. The SMILES string of the molecule is C=CC(F)(F)C(C)(O)[Si](C)(C)C. The maximum Gasteiger partial charge on any atom is 0.290 e. The van der Waals surface area contributed by atoms with E-state index in [9.17, 15) is 13.9 Å². The maximum atomic E-state index is 13.1. The van der Waals surface area contributed by atoms with Crippen molar-refractivity contribution in [3.8, 4) is 0 Å². The van der Waals surface area contributed by atoms with Crippen molar-refractivity contribution in [2.45, 2.75) is 37.7 Å². The van der Waals surface area contributed by atoms with Gasteiger partial charge in [0.05, 0.1) is 8.07 Å². The summed E-state index contributed by atoms with van der Waals surface area (Å²) in [5.74, 6) is -3.20. The van der Waals surface area contributed by atoms with Gasteiger partial charge in [-0.05, 0) is 13.0 Å². The second-order valence-electron chi connectivity index (χ2n) is 4.15. The van der Waals surface area contributed by atoms with E-state index >= 15 is 0 Å².